The van der Waals surface area contributed by atoms with E-state index in [1.165, 1.54) is 48.5 Å². The largest absolute Gasteiger partial charge is 0.480 e. The van der Waals surface area contributed by atoms with Crippen LogP contribution in [-0.4, -0.2) is 148 Å². The Hall–Kier alpha value is -7.23. The minimum atomic E-state index is -1.29. The van der Waals surface area contributed by atoms with E-state index in [9.17, 15) is 59.1 Å². The Labute approximate surface area is 336 Å². The molecule has 0 aliphatic rings. The fourth-order valence-electron chi connectivity index (χ4n) is 5.68. The molecule has 0 aromatic carbocycles. The van der Waals surface area contributed by atoms with E-state index in [0.29, 0.717) is 22.8 Å². The summed E-state index contributed by atoms with van der Waals surface area (Å²) in [4.78, 5) is 105. The maximum atomic E-state index is 13.0. The van der Waals surface area contributed by atoms with Gasteiger partial charge in [0, 0.05) is 52.4 Å². The number of carboxylic acids is 5. The lowest BCUT2D eigenvalue weighted by atomic mass is 10.2. The Morgan fingerprint density at radius 3 is 0.966 bits per heavy atom. The zero-order chi connectivity index (χ0) is 42.9. The van der Waals surface area contributed by atoms with Gasteiger partial charge in [0.05, 0.1) is 42.4 Å². The van der Waals surface area contributed by atoms with E-state index >= 15 is 0 Å². The van der Waals surface area contributed by atoms with Crippen molar-refractivity contribution in [3.05, 3.63) is 118 Å². The van der Waals surface area contributed by atoms with Crippen LogP contribution in [-0.2, 0) is 40.6 Å². The van der Waals surface area contributed by atoms with Crippen molar-refractivity contribution in [1.82, 2.24) is 45.3 Å². The molecular formula is C38H41N9O12. The molecule has 0 saturated carbocycles. The van der Waals surface area contributed by atoms with Crippen molar-refractivity contribution in [1.29, 1.82) is 0 Å². The van der Waals surface area contributed by atoms with Crippen molar-refractivity contribution in [2.24, 2.45) is 0 Å². The fourth-order valence-corrected chi connectivity index (χ4v) is 5.68. The Morgan fingerprint density at radius 1 is 0.424 bits per heavy atom. The Kier molecular flexibility index (Phi) is 16.5. The highest BCUT2D eigenvalue weighted by atomic mass is 16.4. The molecule has 4 aromatic rings. The maximum Gasteiger partial charge on any atom is 0.354 e. The number of pyridine rings is 4. The number of nitrogens with one attached hydrogen (secondary N) is 2. The van der Waals surface area contributed by atoms with Gasteiger partial charge in [-0.3, -0.25) is 29.1 Å². The van der Waals surface area contributed by atoms with Gasteiger partial charge < -0.3 is 36.2 Å². The molecule has 0 radical (unpaired) electrons. The van der Waals surface area contributed by atoms with Crippen LogP contribution in [0.25, 0.3) is 0 Å². The van der Waals surface area contributed by atoms with Gasteiger partial charge in [-0.15, -0.1) is 0 Å². The van der Waals surface area contributed by atoms with Crippen molar-refractivity contribution in [2.75, 3.05) is 45.8 Å². The molecule has 0 aliphatic carbocycles. The van der Waals surface area contributed by atoms with Crippen molar-refractivity contribution in [2.45, 2.75) is 26.2 Å². The van der Waals surface area contributed by atoms with E-state index in [4.69, 9.17) is 0 Å². The summed E-state index contributed by atoms with van der Waals surface area (Å²) in [6.07, 6.45) is 0. The molecule has 0 aliphatic heterocycles. The molecule has 0 saturated heterocycles. The summed E-state index contributed by atoms with van der Waals surface area (Å²) in [6.45, 7) is -0.790. The highest BCUT2D eigenvalue weighted by Crippen LogP contribution is 2.11. The molecule has 59 heavy (non-hydrogen) atoms. The van der Waals surface area contributed by atoms with E-state index in [1.54, 1.807) is 34.1 Å². The number of carbonyl (C=O) groups is 7. The van der Waals surface area contributed by atoms with Crippen LogP contribution >= 0.6 is 0 Å². The number of nitrogens with zero attached hydrogens (tertiary/aromatic N) is 7. The summed E-state index contributed by atoms with van der Waals surface area (Å²) in [5, 5.41) is 52.3. The van der Waals surface area contributed by atoms with E-state index in [1.807, 2.05) is 0 Å². The van der Waals surface area contributed by atoms with Crippen molar-refractivity contribution in [3.8, 4) is 0 Å². The van der Waals surface area contributed by atoms with Crippen LogP contribution in [0.3, 0.4) is 0 Å². The third-order valence-corrected chi connectivity index (χ3v) is 8.24. The standard InChI is InChI=1S/C38H41N9O12/c48-32(39-13-15-45(17-24-5-1-9-28(41-24)35(52)53)18-25-6-2-10-29(42-25)36(54)55)21-47(23-34(50)51)22-33(49)40-14-16-46(19-26-7-3-11-30(43-26)37(56)57)20-27-8-4-12-31(44-27)38(58)59/h1-12H,13-23H2,(H,39,48)(H,40,49)(H,50,51)(H,52,53)(H,54,55)(H,56,57)(H,58,59). The predicted molar refractivity (Wildman–Crippen MR) is 203 cm³/mol. The molecule has 0 atom stereocenters. The molecule has 21 heteroatoms. The summed E-state index contributed by atoms with van der Waals surface area (Å²) >= 11 is 0. The van der Waals surface area contributed by atoms with Gasteiger partial charge in [0.25, 0.3) is 0 Å². The van der Waals surface area contributed by atoms with Crippen LogP contribution in [0.1, 0.15) is 64.7 Å². The summed E-state index contributed by atoms with van der Waals surface area (Å²) in [5.41, 5.74) is 0.845. The first-order chi connectivity index (χ1) is 28.1. The van der Waals surface area contributed by atoms with Gasteiger partial charge >= 0.3 is 29.8 Å². The van der Waals surface area contributed by atoms with Crippen LogP contribution in [0.15, 0.2) is 72.8 Å². The molecular weight excluding hydrogens is 774 g/mol. The van der Waals surface area contributed by atoms with Gasteiger partial charge in [0.15, 0.2) is 0 Å². The normalized spacial score (nSPS) is 11.0. The fraction of sp³-hybridized carbons (Fsp3) is 0.289. The number of aliphatic carboxylic acids is 1. The SMILES string of the molecule is O=C(O)CN(CC(=O)NCCN(Cc1cccc(C(=O)O)n1)Cc1cccc(C(=O)O)n1)CC(=O)NCCN(Cc1cccc(C(=O)O)n1)Cc1cccc(C(=O)O)n1. The number of aromatic nitrogens is 4. The second kappa shape index (κ2) is 21.9. The molecule has 21 nitrogen and oxygen atoms in total. The molecule has 4 aromatic heterocycles. The lowest BCUT2D eigenvalue weighted by Gasteiger charge is -2.24. The quantitative estimate of drug-likeness (QED) is 0.0503. The topological polar surface area (TPSA) is 306 Å². The number of aromatic carboxylic acids is 4. The number of rotatable bonds is 24. The number of amides is 2. The third-order valence-electron chi connectivity index (χ3n) is 8.24. The zero-order valence-electron chi connectivity index (χ0n) is 31.4. The van der Waals surface area contributed by atoms with E-state index < -0.39 is 61.3 Å². The molecule has 4 heterocycles. The Morgan fingerprint density at radius 2 is 0.712 bits per heavy atom. The van der Waals surface area contributed by atoms with Crippen LogP contribution < -0.4 is 10.6 Å². The maximum absolute atomic E-state index is 13.0. The molecule has 0 unspecified atom stereocenters. The van der Waals surface area contributed by atoms with Crippen molar-refractivity contribution in [3.63, 3.8) is 0 Å². The molecule has 7 N–H and O–H groups in total. The predicted octanol–water partition coefficient (Wildman–Crippen LogP) is 0.383. The number of carbonyl (C=O) groups excluding carboxylic acids is 2. The van der Waals surface area contributed by atoms with Gasteiger partial charge in [0.2, 0.25) is 11.8 Å². The highest BCUT2D eigenvalue weighted by molar-refractivity contribution is 5.86. The van der Waals surface area contributed by atoms with E-state index in [0.717, 1.165) is 4.90 Å². The first-order valence-corrected chi connectivity index (χ1v) is 17.8. The molecule has 0 fully saturated rings. The molecule has 4 rings (SSSR count). The molecule has 0 bridgehead atoms. The van der Waals surface area contributed by atoms with Gasteiger partial charge in [0.1, 0.15) is 22.8 Å². The van der Waals surface area contributed by atoms with Crippen LogP contribution in [0.4, 0.5) is 0 Å². The lowest BCUT2D eigenvalue weighted by Crippen LogP contribution is -2.46. The monoisotopic (exact) mass is 815 g/mol. The second-order valence-corrected chi connectivity index (χ2v) is 12.9. The lowest BCUT2D eigenvalue weighted by molar-refractivity contribution is -0.139. The van der Waals surface area contributed by atoms with Gasteiger partial charge in [-0.05, 0) is 48.5 Å². The molecule has 2 amide bonds. The third kappa shape index (κ3) is 15.3. The van der Waals surface area contributed by atoms with Crippen LogP contribution in [0, 0.1) is 0 Å². The summed E-state index contributed by atoms with van der Waals surface area (Å²) in [7, 11) is 0. The minimum Gasteiger partial charge on any atom is -0.480 e. The second-order valence-electron chi connectivity index (χ2n) is 12.9. The van der Waals surface area contributed by atoms with E-state index in [2.05, 4.69) is 30.6 Å². The first-order valence-electron chi connectivity index (χ1n) is 17.8. The molecule has 310 valence electrons. The van der Waals surface area contributed by atoms with Crippen molar-refractivity contribution < 1.29 is 59.1 Å². The summed E-state index contributed by atoms with van der Waals surface area (Å²) < 4.78 is 0. The summed E-state index contributed by atoms with van der Waals surface area (Å²) in [5.74, 6) is -7.39. The Bertz CT molecular complexity index is 1910. The number of hydrogen-bond acceptors (Lipinski definition) is 14. The van der Waals surface area contributed by atoms with Gasteiger partial charge in [-0.25, -0.2) is 39.1 Å². The highest BCUT2D eigenvalue weighted by Gasteiger charge is 2.20. The molecule has 0 spiro atoms. The minimum absolute atomic E-state index is 0.0213. The van der Waals surface area contributed by atoms with Crippen LogP contribution in [0.2, 0.25) is 0 Å². The average molecular weight is 816 g/mol. The van der Waals surface area contributed by atoms with Gasteiger partial charge in [-0.1, -0.05) is 24.3 Å². The van der Waals surface area contributed by atoms with E-state index in [-0.39, 0.29) is 75.1 Å². The first kappa shape index (κ1) is 44.5. The zero-order valence-corrected chi connectivity index (χ0v) is 31.4. The van der Waals surface area contributed by atoms with Gasteiger partial charge in [-0.2, -0.15) is 0 Å². The number of hydrogen-bond donors (Lipinski definition) is 7. The van der Waals surface area contributed by atoms with Crippen molar-refractivity contribution >= 4 is 41.7 Å². The van der Waals surface area contributed by atoms with Crippen LogP contribution in [0.5, 0.6) is 0 Å². The smallest absolute Gasteiger partial charge is 0.354 e. The average Bonchev–Trinajstić information content (AvgIpc) is 3.18. The number of carboxylic acid groups (broad SMARTS) is 5. The summed E-state index contributed by atoms with van der Waals surface area (Å²) in [6, 6.07) is 17.9. The Balaban J connectivity index is 1.35.